The molecule has 0 aromatic heterocycles. The second kappa shape index (κ2) is 12.9. The molecule has 2 saturated heterocycles. The molecular formula is C32H24N4O4S4. The minimum absolute atomic E-state index is 0.0276. The smallest absolute Gasteiger partial charge is 0.267 e. The first-order valence-corrected chi connectivity index (χ1v) is 16.1. The Morgan fingerprint density at radius 2 is 0.977 bits per heavy atom. The van der Waals surface area contributed by atoms with Crippen molar-refractivity contribution >= 4 is 113 Å². The third-order valence-electron chi connectivity index (χ3n) is 7.10. The summed E-state index contributed by atoms with van der Waals surface area (Å²) in [6, 6.07) is 27.0. The van der Waals surface area contributed by atoms with E-state index < -0.39 is 11.8 Å². The van der Waals surface area contributed by atoms with Crippen LogP contribution in [-0.2, 0) is 19.2 Å². The first-order chi connectivity index (χ1) is 21.3. The molecule has 6 rings (SSSR count). The summed E-state index contributed by atoms with van der Waals surface area (Å²) in [4.78, 5) is 54.9. The highest BCUT2D eigenvalue weighted by Crippen LogP contribution is 2.42. The first-order valence-electron chi connectivity index (χ1n) is 13.7. The Hall–Kier alpha value is -4.10. The average molecular weight is 657 g/mol. The molecule has 2 aliphatic rings. The fourth-order valence-corrected chi connectivity index (χ4v) is 7.63. The van der Waals surface area contributed by atoms with Gasteiger partial charge in [0, 0.05) is 37.3 Å². The predicted octanol–water partition coefficient (Wildman–Crippen LogP) is 6.28. The van der Waals surface area contributed by atoms with Crippen molar-refractivity contribution < 1.29 is 19.2 Å². The molecule has 44 heavy (non-hydrogen) atoms. The van der Waals surface area contributed by atoms with Crippen LogP contribution in [0.4, 0.5) is 11.4 Å². The molecule has 8 nitrogen and oxygen atoms in total. The number of thioether (sulfide) groups is 2. The number of carbonyl (C=O) groups excluding carboxylic acids is 4. The van der Waals surface area contributed by atoms with Crippen LogP contribution in [0.5, 0.6) is 0 Å². The zero-order chi connectivity index (χ0) is 30.8. The maximum absolute atomic E-state index is 13.3. The molecule has 0 radical (unpaired) electrons. The van der Waals surface area contributed by atoms with Gasteiger partial charge in [0.1, 0.15) is 8.64 Å². The molecule has 0 unspecified atom stereocenters. The number of nitrogens with zero attached hydrogens (tertiary/aromatic N) is 2. The Labute approximate surface area is 272 Å². The van der Waals surface area contributed by atoms with E-state index in [9.17, 15) is 19.2 Å². The van der Waals surface area contributed by atoms with Gasteiger partial charge in [-0.15, -0.1) is 0 Å². The van der Waals surface area contributed by atoms with Crippen molar-refractivity contribution in [3.8, 4) is 0 Å². The van der Waals surface area contributed by atoms with E-state index in [0.717, 1.165) is 45.1 Å². The molecule has 0 aliphatic carbocycles. The summed E-state index contributed by atoms with van der Waals surface area (Å²) in [6.07, 6.45) is 0.0552. The molecule has 4 aromatic carbocycles. The number of thiocarbonyl (C=S) groups is 2. The fourth-order valence-electron chi connectivity index (χ4n) is 4.86. The minimum atomic E-state index is -0.437. The molecule has 2 N–H and O–H groups in total. The maximum atomic E-state index is 13.3. The van der Waals surface area contributed by atoms with Gasteiger partial charge in [-0.3, -0.25) is 29.0 Å². The summed E-state index contributed by atoms with van der Waals surface area (Å²) < 4.78 is 0.534. The zero-order valence-corrected chi connectivity index (χ0v) is 26.3. The monoisotopic (exact) mass is 656 g/mol. The zero-order valence-electron chi connectivity index (χ0n) is 23.1. The molecule has 4 aromatic rings. The number of fused-ring (bicyclic) bond motifs is 2. The number of carbonyl (C=O) groups is 4. The number of benzene rings is 4. The standard InChI is InChI=1S/C32H24N4O4S4/c37-25(33-23-11-9-19-5-1-3-7-21(19)17-23)13-15-35-29(39)27(43-31(35)41)28-30(40)36(32(42)44-28)16-14-26(38)34-24-12-10-20-6-2-4-8-22(20)18-24/h1-12,17-18H,13-16H2,(H,33,37)(H,34,38). The normalized spacial score (nSPS) is 16.8. The number of anilines is 2. The lowest BCUT2D eigenvalue weighted by molar-refractivity contribution is -0.125. The summed E-state index contributed by atoms with van der Waals surface area (Å²) in [5, 5.41) is 9.87. The van der Waals surface area contributed by atoms with Gasteiger partial charge in [0.05, 0.1) is 9.81 Å². The fraction of sp³-hybridized carbons (Fsp3) is 0.125. The van der Waals surface area contributed by atoms with Crippen LogP contribution in [0.15, 0.2) is 94.7 Å². The van der Waals surface area contributed by atoms with Crippen LogP contribution in [0.3, 0.4) is 0 Å². The first kappa shape index (κ1) is 29.9. The minimum Gasteiger partial charge on any atom is -0.326 e. The van der Waals surface area contributed by atoms with Gasteiger partial charge < -0.3 is 10.6 Å². The van der Waals surface area contributed by atoms with Crippen LogP contribution in [0, 0.1) is 0 Å². The predicted molar refractivity (Wildman–Crippen MR) is 185 cm³/mol. The second-order valence-corrected chi connectivity index (χ2v) is 13.3. The molecule has 12 heteroatoms. The van der Waals surface area contributed by atoms with Crippen LogP contribution in [0.2, 0.25) is 0 Å². The van der Waals surface area contributed by atoms with Crippen molar-refractivity contribution in [1.29, 1.82) is 0 Å². The summed E-state index contributed by atoms with van der Waals surface area (Å²) in [5.74, 6) is -1.40. The number of hydrogen-bond acceptors (Lipinski definition) is 8. The molecule has 220 valence electrons. The SMILES string of the molecule is O=C(CCN1C(=O)C(=C2SC(=S)N(CCC(=O)Nc3ccc4ccccc4c3)C2=O)SC1=S)Nc1ccc2ccccc2c1. The Bertz CT molecular complexity index is 1790. The van der Waals surface area contributed by atoms with E-state index >= 15 is 0 Å². The summed E-state index contributed by atoms with van der Waals surface area (Å²) in [7, 11) is 0. The van der Waals surface area contributed by atoms with Gasteiger partial charge in [-0.25, -0.2) is 0 Å². The van der Waals surface area contributed by atoms with Crippen LogP contribution < -0.4 is 10.6 Å². The lowest BCUT2D eigenvalue weighted by Gasteiger charge is -2.15. The second-order valence-electron chi connectivity index (χ2n) is 10.0. The molecule has 0 bridgehead atoms. The average Bonchev–Trinajstić information content (AvgIpc) is 3.46. The number of rotatable bonds is 8. The maximum Gasteiger partial charge on any atom is 0.267 e. The highest BCUT2D eigenvalue weighted by molar-refractivity contribution is 8.29. The largest absolute Gasteiger partial charge is 0.326 e. The van der Waals surface area contributed by atoms with Gasteiger partial charge >= 0.3 is 0 Å². The summed E-state index contributed by atoms with van der Waals surface area (Å²) >= 11 is 12.9. The molecule has 2 heterocycles. The highest BCUT2D eigenvalue weighted by Gasteiger charge is 2.42. The molecule has 4 amide bonds. The van der Waals surface area contributed by atoms with E-state index in [1.54, 1.807) is 0 Å². The number of hydrogen-bond donors (Lipinski definition) is 2. The van der Waals surface area contributed by atoms with E-state index in [4.69, 9.17) is 24.4 Å². The Kier molecular flexibility index (Phi) is 8.76. The third kappa shape index (κ3) is 6.39. The molecule has 2 aliphatic heterocycles. The molecular weight excluding hydrogens is 633 g/mol. The van der Waals surface area contributed by atoms with Gasteiger partial charge in [-0.1, -0.05) is 109 Å². The van der Waals surface area contributed by atoms with Crippen LogP contribution >= 0.6 is 48.0 Å². The van der Waals surface area contributed by atoms with Gasteiger partial charge in [0.25, 0.3) is 11.8 Å². The van der Waals surface area contributed by atoms with E-state index in [1.165, 1.54) is 9.80 Å². The third-order valence-corrected chi connectivity index (χ3v) is 10.1. The van der Waals surface area contributed by atoms with Crippen molar-refractivity contribution in [2.45, 2.75) is 12.8 Å². The molecule has 0 spiro atoms. The van der Waals surface area contributed by atoms with Crippen LogP contribution in [0.1, 0.15) is 12.8 Å². The lowest BCUT2D eigenvalue weighted by Crippen LogP contribution is -2.33. The van der Waals surface area contributed by atoms with Gasteiger partial charge in [-0.2, -0.15) is 0 Å². The lowest BCUT2D eigenvalue weighted by atomic mass is 10.1. The van der Waals surface area contributed by atoms with E-state index in [0.29, 0.717) is 11.4 Å². The van der Waals surface area contributed by atoms with Crippen molar-refractivity contribution in [3.63, 3.8) is 0 Å². The van der Waals surface area contributed by atoms with Gasteiger partial charge in [-0.05, 0) is 45.8 Å². The van der Waals surface area contributed by atoms with E-state index in [1.807, 2.05) is 84.9 Å². The molecule has 0 saturated carbocycles. The Morgan fingerprint density at radius 1 is 0.591 bits per heavy atom. The van der Waals surface area contributed by atoms with E-state index in [-0.39, 0.29) is 56.2 Å². The van der Waals surface area contributed by atoms with Crippen molar-refractivity contribution in [2.75, 3.05) is 23.7 Å². The van der Waals surface area contributed by atoms with Crippen LogP contribution in [-0.4, -0.2) is 55.2 Å². The van der Waals surface area contributed by atoms with Gasteiger partial charge in [0.2, 0.25) is 11.8 Å². The highest BCUT2D eigenvalue weighted by atomic mass is 32.2. The topological polar surface area (TPSA) is 98.8 Å². The number of amides is 4. The quantitative estimate of drug-likeness (QED) is 0.169. The molecule has 2 fully saturated rings. The summed E-state index contributed by atoms with van der Waals surface area (Å²) in [6.45, 7) is 0.144. The van der Waals surface area contributed by atoms with Crippen LogP contribution in [0.25, 0.3) is 21.5 Å². The van der Waals surface area contributed by atoms with Gasteiger partial charge in [0.15, 0.2) is 0 Å². The van der Waals surface area contributed by atoms with E-state index in [2.05, 4.69) is 10.6 Å². The summed E-state index contributed by atoms with van der Waals surface area (Å²) in [5.41, 5.74) is 1.32. The number of nitrogens with one attached hydrogen (secondary N) is 2. The van der Waals surface area contributed by atoms with Crippen molar-refractivity contribution in [2.24, 2.45) is 0 Å². The molecule has 0 atom stereocenters. The Balaban J connectivity index is 1.04. The van der Waals surface area contributed by atoms with Crippen molar-refractivity contribution in [1.82, 2.24) is 9.80 Å². The van der Waals surface area contributed by atoms with Crippen molar-refractivity contribution in [3.05, 3.63) is 94.7 Å². The Morgan fingerprint density at radius 3 is 1.39 bits per heavy atom.